The topological polar surface area (TPSA) is 52.6 Å². The van der Waals surface area contributed by atoms with Gasteiger partial charge in [0.1, 0.15) is 0 Å². The van der Waals surface area contributed by atoms with Crippen LogP contribution in [0.5, 0.6) is 0 Å². The first-order valence-corrected chi connectivity index (χ1v) is 10.1. The first-order valence-electron chi connectivity index (χ1n) is 9.22. The summed E-state index contributed by atoms with van der Waals surface area (Å²) >= 11 is 1.64. The maximum Gasteiger partial charge on any atom is 0.192 e. The molecule has 3 aromatic rings. The van der Waals surface area contributed by atoms with E-state index in [0.717, 1.165) is 23.3 Å². The van der Waals surface area contributed by atoms with Crippen LogP contribution in [0.25, 0.3) is 10.8 Å². The second kappa shape index (κ2) is 8.86. The fourth-order valence-corrected chi connectivity index (χ4v) is 3.71. The Labute approximate surface area is 165 Å². The van der Waals surface area contributed by atoms with Gasteiger partial charge in [-0.3, -0.25) is 0 Å². The molecule has 1 unspecified atom stereocenters. The maximum absolute atomic E-state index is 4.72. The van der Waals surface area contributed by atoms with Crippen LogP contribution >= 0.6 is 11.3 Å². The number of nitrogens with one attached hydrogen (secondary N) is 2. The number of thiazole rings is 1. The Hall–Kier alpha value is -2.60. The first-order chi connectivity index (χ1) is 13.1. The third-order valence-electron chi connectivity index (χ3n) is 4.31. The van der Waals surface area contributed by atoms with Gasteiger partial charge in [0, 0.05) is 26.0 Å². The Balaban J connectivity index is 1.76. The normalized spacial score (nSPS) is 12.8. The predicted octanol–water partition coefficient (Wildman–Crippen LogP) is 4.18. The molecule has 0 radical (unpaired) electrons. The number of hydrogen-bond acceptors (Lipinski definition) is 4. The summed E-state index contributed by atoms with van der Waals surface area (Å²) in [7, 11) is 4.01. The van der Waals surface area contributed by atoms with Crippen molar-refractivity contribution in [2.75, 3.05) is 25.5 Å². The van der Waals surface area contributed by atoms with Crippen LogP contribution in [0.4, 0.5) is 5.13 Å². The largest absolute Gasteiger partial charge is 0.357 e. The Kier molecular flexibility index (Phi) is 6.29. The lowest BCUT2D eigenvalue weighted by Crippen LogP contribution is -2.38. The van der Waals surface area contributed by atoms with E-state index in [1.54, 1.807) is 11.3 Å². The second-order valence-electron chi connectivity index (χ2n) is 6.65. The molecular formula is C21H27N5S. The van der Waals surface area contributed by atoms with Crippen molar-refractivity contribution in [3.8, 4) is 0 Å². The zero-order valence-electron chi connectivity index (χ0n) is 16.4. The van der Waals surface area contributed by atoms with Gasteiger partial charge in [0.2, 0.25) is 0 Å². The molecule has 0 amide bonds. The van der Waals surface area contributed by atoms with Gasteiger partial charge in [-0.05, 0) is 30.2 Å². The van der Waals surface area contributed by atoms with Crippen molar-refractivity contribution in [3.63, 3.8) is 0 Å². The van der Waals surface area contributed by atoms with E-state index in [-0.39, 0.29) is 6.04 Å². The van der Waals surface area contributed by atoms with Crippen LogP contribution in [0, 0.1) is 0 Å². The Morgan fingerprint density at radius 2 is 1.96 bits per heavy atom. The Bertz CT molecular complexity index is 910. The SMILES string of the molecule is CCNC(=NCc1csc(N(C)C)n1)NC(C)c1cccc2ccccc12. The van der Waals surface area contributed by atoms with Crippen molar-refractivity contribution >= 4 is 33.2 Å². The van der Waals surface area contributed by atoms with Crippen LogP contribution in [0.2, 0.25) is 0 Å². The molecule has 1 heterocycles. The summed E-state index contributed by atoms with van der Waals surface area (Å²) in [5.41, 5.74) is 2.25. The van der Waals surface area contributed by atoms with Gasteiger partial charge >= 0.3 is 0 Å². The third-order valence-corrected chi connectivity index (χ3v) is 5.37. The lowest BCUT2D eigenvalue weighted by Gasteiger charge is -2.19. The highest BCUT2D eigenvalue weighted by molar-refractivity contribution is 7.13. The van der Waals surface area contributed by atoms with Gasteiger partial charge in [0.15, 0.2) is 11.1 Å². The molecule has 0 bridgehead atoms. The lowest BCUT2D eigenvalue weighted by atomic mass is 10.00. The summed E-state index contributed by atoms with van der Waals surface area (Å²) in [6.45, 7) is 5.62. The quantitative estimate of drug-likeness (QED) is 0.497. The van der Waals surface area contributed by atoms with Gasteiger partial charge < -0.3 is 15.5 Å². The Morgan fingerprint density at radius 1 is 1.19 bits per heavy atom. The van der Waals surface area contributed by atoms with Gasteiger partial charge in [0.05, 0.1) is 18.3 Å². The molecule has 5 nitrogen and oxygen atoms in total. The van der Waals surface area contributed by atoms with Crippen LogP contribution in [0.1, 0.15) is 31.1 Å². The molecule has 3 rings (SSSR count). The number of aromatic nitrogens is 1. The zero-order valence-corrected chi connectivity index (χ0v) is 17.2. The van der Waals surface area contributed by atoms with E-state index in [2.05, 4.69) is 77.3 Å². The van der Waals surface area contributed by atoms with Gasteiger partial charge in [-0.2, -0.15) is 0 Å². The maximum atomic E-state index is 4.72. The molecule has 27 heavy (non-hydrogen) atoms. The van der Waals surface area contributed by atoms with Crippen molar-refractivity contribution in [2.45, 2.75) is 26.4 Å². The number of nitrogens with zero attached hydrogens (tertiary/aromatic N) is 3. The molecule has 0 fully saturated rings. The number of guanidine groups is 1. The molecule has 6 heteroatoms. The standard InChI is InChI=1S/C21H27N5S/c1-5-22-20(23-13-17-14-27-21(25-17)26(3)4)24-15(2)18-12-8-10-16-9-6-7-11-19(16)18/h6-12,14-15H,5,13H2,1-4H3,(H2,22,23,24). The van der Waals surface area contributed by atoms with Gasteiger partial charge in [-0.15, -0.1) is 11.3 Å². The molecule has 0 saturated heterocycles. The summed E-state index contributed by atoms with van der Waals surface area (Å²) in [5, 5.41) is 12.5. The molecule has 1 aromatic heterocycles. The van der Waals surface area contributed by atoms with Crippen LogP contribution in [-0.2, 0) is 6.54 Å². The second-order valence-corrected chi connectivity index (χ2v) is 7.48. The van der Waals surface area contributed by atoms with E-state index in [9.17, 15) is 0 Å². The highest BCUT2D eigenvalue weighted by Gasteiger charge is 2.11. The van der Waals surface area contributed by atoms with Crippen molar-refractivity contribution in [2.24, 2.45) is 4.99 Å². The van der Waals surface area contributed by atoms with E-state index >= 15 is 0 Å². The molecule has 142 valence electrons. The van der Waals surface area contributed by atoms with Gasteiger partial charge in [0.25, 0.3) is 0 Å². The number of anilines is 1. The van der Waals surface area contributed by atoms with E-state index in [1.165, 1.54) is 16.3 Å². The molecule has 0 saturated carbocycles. The fraction of sp³-hybridized carbons (Fsp3) is 0.333. The Morgan fingerprint density at radius 3 is 2.70 bits per heavy atom. The minimum atomic E-state index is 0.140. The highest BCUT2D eigenvalue weighted by Crippen LogP contribution is 2.24. The number of aliphatic imine (C=N–C) groups is 1. The summed E-state index contributed by atoms with van der Waals surface area (Å²) < 4.78 is 0. The molecular weight excluding hydrogens is 354 g/mol. The molecule has 2 N–H and O–H groups in total. The molecule has 0 aliphatic rings. The van der Waals surface area contributed by atoms with Crippen LogP contribution in [0.15, 0.2) is 52.8 Å². The minimum absolute atomic E-state index is 0.140. The minimum Gasteiger partial charge on any atom is -0.357 e. The van der Waals surface area contributed by atoms with Gasteiger partial charge in [-0.1, -0.05) is 42.5 Å². The van der Waals surface area contributed by atoms with Crippen molar-refractivity contribution in [1.29, 1.82) is 0 Å². The van der Waals surface area contributed by atoms with E-state index in [0.29, 0.717) is 6.54 Å². The lowest BCUT2D eigenvalue weighted by molar-refractivity contribution is 0.690. The first kappa shape index (κ1) is 19.2. The number of hydrogen-bond donors (Lipinski definition) is 2. The molecule has 0 spiro atoms. The average Bonchev–Trinajstić information content (AvgIpc) is 3.15. The predicted molar refractivity (Wildman–Crippen MR) is 117 cm³/mol. The van der Waals surface area contributed by atoms with E-state index in [4.69, 9.17) is 4.99 Å². The monoisotopic (exact) mass is 381 g/mol. The summed E-state index contributed by atoms with van der Waals surface area (Å²) in [6.07, 6.45) is 0. The third kappa shape index (κ3) is 4.77. The average molecular weight is 382 g/mol. The van der Waals surface area contributed by atoms with E-state index < -0.39 is 0 Å². The zero-order chi connectivity index (χ0) is 19.2. The van der Waals surface area contributed by atoms with Crippen LogP contribution in [-0.4, -0.2) is 31.6 Å². The summed E-state index contributed by atoms with van der Waals surface area (Å²) in [6, 6.07) is 15.1. The van der Waals surface area contributed by atoms with Crippen molar-refractivity contribution in [1.82, 2.24) is 15.6 Å². The number of fused-ring (bicyclic) bond motifs is 1. The molecule has 0 aliphatic heterocycles. The number of rotatable bonds is 6. The van der Waals surface area contributed by atoms with Gasteiger partial charge in [-0.25, -0.2) is 9.98 Å². The molecule has 0 aliphatic carbocycles. The fourth-order valence-electron chi connectivity index (χ4n) is 2.97. The van der Waals surface area contributed by atoms with Crippen molar-refractivity contribution in [3.05, 3.63) is 59.1 Å². The molecule has 2 aromatic carbocycles. The van der Waals surface area contributed by atoms with Crippen LogP contribution in [0.3, 0.4) is 0 Å². The van der Waals surface area contributed by atoms with E-state index in [1.807, 2.05) is 19.0 Å². The highest BCUT2D eigenvalue weighted by atomic mass is 32.1. The summed E-state index contributed by atoms with van der Waals surface area (Å²) in [4.78, 5) is 11.3. The van der Waals surface area contributed by atoms with Crippen molar-refractivity contribution < 1.29 is 0 Å². The number of benzene rings is 2. The molecule has 1 atom stereocenters. The van der Waals surface area contributed by atoms with Crippen LogP contribution < -0.4 is 15.5 Å². The summed E-state index contributed by atoms with van der Waals surface area (Å²) in [5.74, 6) is 0.803. The smallest absolute Gasteiger partial charge is 0.192 e.